The van der Waals surface area contributed by atoms with Gasteiger partial charge in [-0.05, 0) is 181 Å². The van der Waals surface area contributed by atoms with Crippen LogP contribution in [0.25, 0.3) is 12.2 Å². The van der Waals surface area contributed by atoms with Gasteiger partial charge in [-0.1, -0.05) is 232 Å². The zero-order chi connectivity index (χ0) is 74.7. The van der Waals surface area contributed by atoms with Crippen molar-refractivity contribution in [3.63, 3.8) is 0 Å². The van der Waals surface area contributed by atoms with Gasteiger partial charge in [-0.15, -0.1) is 0 Å². The molecule has 16 nitrogen and oxygen atoms in total. The lowest BCUT2D eigenvalue weighted by Crippen LogP contribution is -2.19. The number of carbonyl (C=O) groups excluding carboxylic acids is 7. The molecule has 0 spiro atoms. The molecule has 562 valence electrons. The lowest BCUT2D eigenvalue weighted by molar-refractivity contribution is -0.148. The van der Waals surface area contributed by atoms with Gasteiger partial charge in [0.25, 0.3) is 5.91 Å². The number of nitrogens with zero attached hydrogens (tertiary/aromatic N) is 2. The number of unbranched alkanes of at least 4 members (excludes halogenated alkanes) is 28. The molecule has 1 N–H and O–H groups in total. The Labute approximate surface area is 624 Å². The van der Waals surface area contributed by atoms with Crippen molar-refractivity contribution in [2.24, 2.45) is 9.98 Å². The summed E-state index contributed by atoms with van der Waals surface area (Å²) in [6.45, 7) is 9.66. The second-order valence-corrected chi connectivity index (χ2v) is 26.8. The van der Waals surface area contributed by atoms with E-state index < -0.39 is 35.8 Å². The fourth-order valence-electron chi connectivity index (χ4n) is 11.5. The summed E-state index contributed by atoms with van der Waals surface area (Å²) in [6, 6.07) is 40.5. The number of hydrogen-bond donors (Lipinski definition) is 1. The fourth-order valence-corrected chi connectivity index (χ4v) is 11.5. The van der Waals surface area contributed by atoms with Crippen LogP contribution in [0.2, 0.25) is 0 Å². The summed E-state index contributed by atoms with van der Waals surface area (Å²) in [7, 11) is 0. The summed E-state index contributed by atoms with van der Waals surface area (Å²) < 4.78 is 33.6. The molecule has 0 unspecified atom stereocenters. The number of carbonyl (C=O) groups is 7. The smallest absolute Gasteiger partial charge is 0.345 e. The summed E-state index contributed by atoms with van der Waals surface area (Å²) in [6.07, 6.45) is 41.4. The van der Waals surface area contributed by atoms with E-state index in [1.165, 1.54) is 115 Å². The van der Waals surface area contributed by atoms with Crippen molar-refractivity contribution in [3.05, 3.63) is 196 Å². The molecule has 16 heteroatoms. The molecule has 0 saturated heterocycles. The molecule has 0 aliphatic heterocycles. The maximum atomic E-state index is 13.3. The third kappa shape index (κ3) is 34.7. The number of rotatable bonds is 52. The lowest BCUT2D eigenvalue weighted by Gasteiger charge is -2.10. The highest BCUT2D eigenvalue weighted by molar-refractivity contribution is 6.18. The molecule has 0 radical (unpaired) electrons. The Kier molecular flexibility index (Phi) is 41.4. The number of esters is 6. The summed E-state index contributed by atoms with van der Waals surface area (Å²) in [5, 5.41) is 2.92. The second kappa shape index (κ2) is 51.6. The van der Waals surface area contributed by atoms with Crippen LogP contribution in [0, 0.1) is 0 Å². The van der Waals surface area contributed by atoms with Gasteiger partial charge in [0.15, 0.2) is 0 Å². The molecule has 0 aliphatic carbocycles. The molecular weight excluding hydrogens is 1320 g/mol. The van der Waals surface area contributed by atoms with Crippen LogP contribution in [0.15, 0.2) is 167 Å². The quantitative estimate of drug-likeness (QED) is 0.00551. The molecule has 6 rings (SSSR count). The highest BCUT2D eigenvalue weighted by Crippen LogP contribution is 2.24. The number of aliphatic imine (C=N–C) groups is 2. The summed E-state index contributed by atoms with van der Waals surface area (Å²) in [5.74, 6) is -3.74. The zero-order valence-electron chi connectivity index (χ0n) is 62.8. The molecule has 6 aromatic rings. The van der Waals surface area contributed by atoms with Gasteiger partial charge in [0.05, 0.1) is 48.9 Å². The largest absolute Gasteiger partial charge is 0.462 e. The van der Waals surface area contributed by atoms with E-state index >= 15 is 0 Å². The molecule has 0 bridgehead atoms. The van der Waals surface area contributed by atoms with E-state index in [9.17, 15) is 33.6 Å². The summed E-state index contributed by atoms with van der Waals surface area (Å²) in [4.78, 5) is 102. The number of nitrogens with one attached hydrogen (secondary N) is 1. The van der Waals surface area contributed by atoms with Gasteiger partial charge in [-0.3, -0.25) is 14.8 Å². The van der Waals surface area contributed by atoms with Crippen molar-refractivity contribution in [2.45, 2.75) is 233 Å². The van der Waals surface area contributed by atoms with Crippen LogP contribution < -0.4 is 14.8 Å². The van der Waals surface area contributed by atoms with Gasteiger partial charge >= 0.3 is 35.8 Å². The third-order valence-electron chi connectivity index (χ3n) is 17.9. The van der Waals surface area contributed by atoms with Crippen LogP contribution in [0.5, 0.6) is 11.5 Å². The molecule has 6 aromatic carbocycles. The van der Waals surface area contributed by atoms with Crippen LogP contribution in [0.1, 0.15) is 286 Å². The minimum atomic E-state index is -0.729. The van der Waals surface area contributed by atoms with Gasteiger partial charge in [-0.2, -0.15) is 0 Å². The van der Waals surface area contributed by atoms with Gasteiger partial charge in [0, 0.05) is 23.7 Å². The first-order valence-electron chi connectivity index (χ1n) is 38.9. The Balaban J connectivity index is 0.931. The van der Waals surface area contributed by atoms with E-state index in [2.05, 4.69) is 43.0 Å². The number of amides is 1. The monoisotopic (exact) mass is 1430 g/mol. The van der Waals surface area contributed by atoms with E-state index in [0.29, 0.717) is 70.9 Å². The second-order valence-electron chi connectivity index (χ2n) is 26.8. The van der Waals surface area contributed by atoms with E-state index in [0.717, 1.165) is 88.2 Å². The highest BCUT2D eigenvalue weighted by atomic mass is 16.6. The van der Waals surface area contributed by atoms with E-state index in [4.69, 9.17) is 28.4 Å². The van der Waals surface area contributed by atoms with Gasteiger partial charge in [0.1, 0.15) is 22.6 Å². The first-order chi connectivity index (χ1) is 51.3. The minimum absolute atomic E-state index is 0.189. The van der Waals surface area contributed by atoms with E-state index in [1.807, 2.05) is 0 Å². The number of benzene rings is 6. The standard InChI is InChI=1S/C89H113N3O13/c1-5-9-13-17-21-25-29-33-61-100-86(96)81(87(97)101-62-34-30-26-22-18-14-10-6-2)65-69-37-45-74(46-38-69)84(94)104-79-57-41-71(42-58-79)67-90-76-51-49-73(50-52-76)83(93)92-78-55-53-77(54-56-78)91-68-72-43-59-80(60-44-72)105-85(95)75-47-39-70(40-48-75)66-82(88(98)102-63-35-31-27-23-19-15-11-7-3)89(99)103-64-36-32-28-24-20-16-12-8-4/h37-60,65-68H,5-36,61-64H2,1-4H3,(H,92,93). The van der Waals surface area contributed by atoms with Crippen LogP contribution in [-0.4, -0.2) is 80.6 Å². The molecule has 0 aliphatic rings. The predicted molar refractivity (Wildman–Crippen MR) is 421 cm³/mol. The molecular formula is C89H113N3O13. The third-order valence-corrected chi connectivity index (χ3v) is 17.9. The Hall–Kier alpha value is -9.57. The lowest BCUT2D eigenvalue weighted by atomic mass is 10.1. The van der Waals surface area contributed by atoms with E-state index in [-0.39, 0.29) is 54.6 Å². The van der Waals surface area contributed by atoms with Crippen LogP contribution >= 0.6 is 0 Å². The number of hydrogen-bond acceptors (Lipinski definition) is 15. The van der Waals surface area contributed by atoms with E-state index in [1.54, 1.807) is 158 Å². The van der Waals surface area contributed by atoms with Crippen molar-refractivity contribution < 1.29 is 62.0 Å². The maximum Gasteiger partial charge on any atom is 0.345 e. The Morgan fingerprint density at radius 3 is 0.848 bits per heavy atom. The maximum absolute atomic E-state index is 13.3. The molecule has 0 aromatic heterocycles. The molecule has 0 fully saturated rings. The van der Waals surface area contributed by atoms with Crippen molar-refractivity contribution in [1.82, 2.24) is 0 Å². The van der Waals surface area contributed by atoms with Crippen LogP contribution in [-0.2, 0) is 38.1 Å². The van der Waals surface area contributed by atoms with Gasteiger partial charge < -0.3 is 33.7 Å². The molecule has 0 atom stereocenters. The molecule has 105 heavy (non-hydrogen) atoms. The van der Waals surface area contributed by atoms with Crippen LogP contribution in [0.3, 0.4) is 0 Å². The first-order valence-corrected chi connectivity index (χ1v) is 38.9. The zero-order valence-corrected chi connectivity index (χ0v) is 62.8. The Bertz CT molecular complexity index is 3580. The summed E-state index contributed by atoms with van der Waals surface area (Å²) >= 11 is 0. The van der Waals surface area contributed by atoms with Crippen LogP contribution in [0.4, 0.5) is 17.1 Å². The normalized spacial score (nSPS) is 11.1. The molecule has 1 amide bonds. The minimum Gasteiger partial charge on any atom is -0.462 e. The van der Waals surface area contributed by atoms with Gasteiger partial charge in [0.2, 0.25) is 0 Å². The van der Waals surface area contributed by atoms with Crippen molar-refractivity contribution >= 4 is 83.4 Å². The predicted octanol–water partition coefficient (Wildman–Crippen LogP) is 22.4. The highest BCUT2D eigenvalue weighted by Gasteiger charge is 2.24. The van der Waals surface area contributed by atoms with Crippen molar-refractivity contribution in [3.8, 4) is 11.5 Å². The van der Waals surface area contributed by atoms with Crippen molar-refractivity contribution in [2.75, 3.05) is 31.7 Å². The SMILES string of the molecule is CCCCCCCCCCOC(=O)C(=Cc1ccc(C(=O)Oc2ccc(C=Nc3ccc(NC(=O)c4ccc(N=Cc5ccc(OC(=O)c6ccc(C=C(C(=O)OCCCCCCCCCC)C(=O)OCCCCCCCCCC)cc6)cc5)cc4)cc3)cc2)cc1)C(=O)OCCCCCCCCCC. The molecule has 0 heterocycles. The first kappa shape index (κ1) is 84.4. The summed E-state index contributed by atoms with van der Waals surface area (Å²) in [5.41, 5.74) is 5.00. The fraction of sp³-hybridized carbons (Fsp3) is 0.449. The van der Waals surface area contributed by atoms with Crippen molar-refractivity contribution in [1.29, 1.82) is 0 Å². The average Bonchev–Trinajstić information content (AvgIpc) is 0.865. The Morgan fingerprint density at radius 2 is 0.552 bits per heavy atom. The molecule has 0 saturated carbocycles. The van der Waals surface area contributed by atoms with Gasteiger partial charge in [-0.25, -0.2) is 28.8 Å². The number of ether oxygens (including phenoxy) is 6. The topological polar surface area (TPSA) is 212 Å². The number of anilines is 1. The average molecular weight is 1430 g/mol. The Morgan fingerprint density at radius 1 is 0.295 bits per heavy atom.